The van der Waals surface area contributed by atoms with E-state index < -0.39 is 17.7 Å². The van der Waals surface area contributed by atoms with E-state index in [4.69, 9.17) is 9.57 Å². The SMILES string of the molecule is C=CC(=O)Nc1cc(Nc2cc(N3OCCC3c3cc(F)cc(F)c3)ncn2)c(OC)cc1N1CCC(N2CCN(C3CC3)C(C)C2)CC1. The summed E-state index contributed by atoms with van der Waals surface area (Å²) in [6.45, 7) is 11.5. The number of rotatable bonds is 10. The van der Waals surface area contributed by atoms with Gasteiger partial charge in [0.2, 0.25) is 5.91 Å². The van der Waals surface area contributed by atoms with Crippen LogP contribution in [0.4, 0.5) is 37.5 Å². The third-order valence-electron chi connectivity index (χ3n) is 10.1. The number of piperidine rings is 1. The first-order valence-corrected chi connectivity index (χ1v) is 17.2. The largest absolute Gasteiger partial charge is 0.494 e. The summed E-state index contributed by atoms with van der Waals surface area (Å²) in [5, 5.41) is 7.85. The van der Waals surface area contributed by atoms with Crippen LogP contribution in [-0.2, 0) is 9.63 Å². The normalized spacial score (nSPS) is 22.3. The number of aromatic nitrogens is 2. The minimum Gasteiger partial charge on any atom is -0.494 e. The molecular weight excluding hydrogens is 630 g/mol. The molecule has 1 saturated carbocycles. The predicted octanol–water partition coefficient (Wildman–Crippen LogP) is 5.65. The van der Waals surface area contributed by atoms with Crippen molar-refractivity contribution >= 4 is 34.6 Å². The molecule has 4 fully saturated rings. The number of hydrogen-bond acceptors (Lipinski definition) is 10. The maximum absolute atomic E-state index is 14.0. The molecule has 3 aliphatic heterocycles. The Morgan fingerprint density at radius 1 is 0.959 bits per heavy atom. The number of nitrogens with zero attached hydrogens (tertiary/aromatic N) is 6. The minimum atomic E-state index is -0.650. The van der Waals surface area contributed by atoms with Crippen LogP contribution in [0.3, 0.4) is 0 Å². The second-order valence-corrected chi connectivity index (χ2v) is 13.3. The smallest absolute Gasteiger partial charge is 0.247 e. The highest BCUT2D eigenvalue weighted by Crippen LogP contribution is 2.41. The van der Waals surface area contributed by atoms with E-state index >= 15 is 0 Å². The Kier molecular flexibility index (Phi) is 9.66. The van der Waals surface area contributed by atoms with E-state index in [1.54, 1.807) is 18.2 Å². The average molecular weight is 675 g/mol. The van der Waals surface area contributed by atoms with Gasteiger partial charge in [-0.3, -0.25) is 19.4 Å². The van der Waals surface area contributed by atoms with Gasteiger partial charge in [-0.25, -0.2) is 23.8 Å². The lowest BCUT2D eigenvalue weighted by molar-refractivity contribution is -0.111. The second kappa shape index (κ2) is 14.3. The van der Waals surface area contributed by atoms with Crippen molar-refractivity contribution in [1.29, 1.82) is 0 Å². The van der Waals surface area contributed by atoms with E-state index in [-0.39, 0.29) is 5.91 Å². The zero-order valence-electron chi connectivity index (χ0n) is 28.1. The number of nitrogens with one attached hydrogen (secondary N) is 2. The molecule has 2 aromatic carbocycles. The number of piperazine rings is 1. The molecule has 0 bridgehead atoms. The van der Waals surface area contributed by atoms with E-state index in [0.717, 1.165) is 63.4 Å². The first-order chi connectivity index (χ1) is 23.8. The number of hydrogen-bond donors (Lipinski definition) is 2. The van der Waals surface area contributed by atoms with Crippen LogP contribution in [0, 0.1) is 11.6 Å². The fourth-order valence-corrected chi connectivity index (χ4v) is 7.57. The molecule has 3 aromatic rings. The van der Waals surface area contributed by atoms with Gasteiger partial charge in [-0.15, -0.1) is 0 Å². The lowest BCUT2D eigenvalue weighted by atomic mass is 9.99. The molecule has 2 atom stereocenters. The number of benzene rings is 2. The third kappa shape index (κ3) is 7.34. The first-order valence-electron chi connectivity index (χ1n) is 17.2. The number of halogens is 2. The number of carbonyl (C=O) groups is 1. The van der Waals surface area contributed by atoms with Crippen LogP contribution in [0.1, 0.15) is 50.6 Å². The molecule has 3 saturated heterocycles. The predicted molar refractivity (Wildman–Crippen MR) is 185 cm³/mol. The molecule has 49 heavy (non-hydrogen) atoms. The van der Waals surface area contributed by atoms with Gasteiger partial charge in [0.05, 0.1) is 36.8 Å². The third-order valence-corrected chi connectivity index (χ3v) is 10.1. The van der Waals surface area contributed by atoms with Gasteiger partial charge in [0.15, 0.2) is 5.82 Å². The Balaban J connectivity index is 1.08. The molecular formula is C36H44F2N8O3. The van der Waals surface area contributed by atoms with Gasteiger partial charge in [-0.1, -0.05) is 6.58 Å². The van der Waals surface area contributed by atoms with E-state index in [1.165, 1.54) is 37.4 Å². The van der Waals surface area contributed by atoms with Gasteiger partial charge in [-0.2, -0.15) is 0 Å². The zero-order valence-corrected chi connectivity index (χ0v) is 28.1. The number of carbonyl (C=O) groups excluding carboxylic acids is 1. The van der Waals surface area contributed by atoms with Crippen LogP contribution in [0.15, 0.2) is 55.4 Å². The molecule has 1 aliphatic carbocycles. The fraction of sp³-hybridized carbons (Fsp3) is 0.472. The van der Waals surface area contributed by atoms with Crippen molar-refractivity contribution in [3.05, 3.63) is 72.6 Å². The molecule has 1 aromatic heterocycles. The molecule has 0 radical (unpaired) electrons. The van der Waals surface area contributed by atoms with Gasteiger partial charge in [0, 0.05) is 75.5 Å². The summed E-state index contributed by atoms with van der Waals surface area (Å²) >= 11 is 0. The van der Waals surface area contributed by atoms with Gasteiger partial charge in [-0.05, 0) is 62.4 Å². The van der Waals surface area contributed by atoms with Gasteiger partial charge in [0.1, 0.15) is 29.5 Å². The molecule has 13 heteroatoms. The van der Waals surface area contributed by atoms with Crippen molar-refractivity contribution in [2.75, 3.05) is 67.0 Å². The monoisotopic (exact) mass is 674 g/mol. The van der Waals surface area contributed by atoms with Crippen LogP contribution in [0.25, 0.3) is 0 Å². The van der Waals surface area contributed by atoms with Crippen molar-refractivity contribution in [1.82, 2.24) is 19.8 Å². The number of ether oxygens (including phenoxy) is 1. The van der Waals surface area contributed by atoms with E-state index in [9.17, 15) is 13.6 Å². The van der Waals surface area contributed by atoms with E-state index in [1.807, 2.05) is 12.1 Å². The standard InChI is InChI=1S/C36H44F2N8O3/c1-4-36(47)42-29-18-30(41-34-20-35(40-22-39-34)46-31(9-14-49-46)24-15-25(37)17-26(38)16-24)33(48-3)19-32(29)43-10-7-27(8-11-43)44-12-13-45(23(2)21-44)28-5-6-28/h4,15-20,22-23,27-28,31H,1,5-14,21H2,2-3H3,(H,42,47)(H,39,40,41). The molecule has 1 amide bonds. The molecule has 4 aliphatic rings. The summed E-state index contributed by atoms with van der Waals surface area (Å²) in [4.78, 5) is 34.9. The van der Waals surface area contributed by atoms with Crippen LogP contribution < -0.4 is 25.3 Å². The number of methoxy groups -OCH3 is 1. The quantitative estimate of drug-likeness (QED) is 0.263. The van der Waals surface area contributed by atoms with Crippen molar-refractivity contribution < 1.29 is 23.1 Å². The molecule has 0 spiro atoms. The Labute approximate surface area is 285 Å². The summed E-state index contributed by atoms with van der Waals surface area (Å²) in [7, 11) is 1.60. The van der Waals surface area contributed by atoms with Crippen LogP contribution in [0.2, 0.25) is 0 Å². The zero-order chi connectivity index (χ0) is 34.1. The topological polar surface area (TPSA) is 98.3 Å². The highest BCUT2D eigenvalue weighted by atomic mass is 19.1. The van der Waals surface area contributed by atoms with Gasteiger partial charge in [0.25, 0.3) is 0 Å². The Morgan fingerprint density at radius 3 is 2.43 bits per heavy atom. The average Bonchev–Trinajstić information content (AvgIpc) is 3.82. The Bertz CT molecular complexity index is 1660. The molecule has 2 N–H and O–H groups in total. The van der Waals surface area contributed by atoms with Crippen molar-refractivity contribution in [3.8, 4) is 5.75 Å². The highest BCUT2D eigenvalue weighted by Gasteiger charge is 2.38. The molecule has 11 nitrogen and oxygen atoms in total. The number of hydroxylamine groups is 1. The van der Waals surface area contributed by atoms with Gasteiger partial charge >= 0.3 is 0 Å². The molecule has 7 rings (SSSR count). The summed E-state index contributed by atoms with van der Waals surface area (Å²) in [5.41, 5.74) is 2.54. The van der Waals surface area contributed by atoms with Crippen molar-refractivity contribution in [2.45, 2.75) is 63.2 Å². The summed E-state index contributed by atoms with van der Waals surface area (Å²) in [5.74, 6) is -0.180. The first kappa shape index (κ1) is 33.2. The minimum absolute atomic E-state index is 0.315. The van der Waals surface area contributed by atoms with Crippen LogP contribution >= 0.6 is 0 Å². The molecule has 260 valence electrons. The second-order valence-electron chi connectivity index (χ2n) is 13.3. The number of amides is 1. The van der Waals surface area contributed by atoms with Crippen molar-refractivity contribution in [2.24, 2.45) is 0 Å². The van der Waals surface area contributed by atoms with E-state index in [2.05, 4.69) is 48.8 Å². The highest BCUT2D eigenvalue weighted by molar-refractivity contribution is 6.02. The summed E-state index contributed by atoms with van der Waals surface area (Å²) in [6.07, 6.45) is 7.95. The van der Waals surface area contributed by atoms with Crippen molar-refractivity contribution in [3.63, 3.8) is 0 Å². The molecule has 2 unspecified atom stereocenters. The Hall–Kier alpha value is -4.33. The summed E-state index contributed by atoms with van der Waals surface area (Å²) < 4.78 is 33.9. The molecule has 4 heterocycles. The lowest BCUT2D eigenvalue weighted by Gasteiger charge is -2.46. The number of anilines is 5. The maximum Gasteiger partial charge on any atom is 0.247 e. The summed E-state index contributed by atoms with van der Waals surface area (Å²) in [6, 6.07) is 10.4. The van der Waals surface area contributed by atoms with Crippen LogP contribution in [0.5, 0.6) is 5.75 Å². The fourth-order valence-electron chi connectivity index (χ4n) is 7.57. The Morgan fingerprint density at radius 2 is 1.73 bits per heavy atom. The van der Waals surface area contributed by atoms with Crippen LogP contribution in [-0.4, -0.2) is 90.2 Å². The maximum atomic E-state index is 14.0. The van der Waals surface area contributed by atoms with Gasteiger partial charge < -0.3 is 20.3 Å². The lowest BCUT2D eigenvalue weighted by Crippen LogP contribution is -2.57. The van der Waals surface area contributed by atoms with E-state index in [0.29, 0.717) is 59.4 Å².